The zero-order valence-electron chi connectivity index (χ0n) is 11.6. The molecule has 104 valence electrons. The molecule has 1 aromatic heterocycles. The van der Waals surface area contributed by atoms with Crippen LogP contribution in [0, 0.1) is 11.8 Å². The van der Waals surface area contributed by atoms with Gasteiger partial charge in [-0.2, -0.15) is 0 Å². The van der Waals surface area contributed by atoms with E-state index in [1.165, 1.54) is 43.9 Å². The third-order valence-electron chi connectivity index (χ3n) is 3.86. The van der Waals surface area contributed by atoms with E-state index < -0.39 is 0 Å². The number of hydrogen-bond acceptors (Lipinski definition) is 3. The average Bonchev–Trinajstić information content (AvgIpc) is 2.87. The summed E-state index contributed by atoms with van der Waals surface area (Å²) in [4.78, 5) is 24.5. The molecule has 0 unspecified atom stereocenters. The number of thiophene rings is 1. The van der Waals surface area contributed by atoms with Gasteiger partial charge < -0.3 is 5.32 Å². The molecule has 1 amide bonds. The van der Waals surface area contributed by atoms with Crippen LogP contribution in [0.2, 0.25) is 0 Å². The fraction of sp³-hybridized carbons (Fsp3) is 0.600. The molecule has 0 saturated heterocycles. The molecular weight excluding hydrogens is 258 g/mol. The molecule has 1 fully saturated rings. The van der Waals surface area contributed by atoms with Gasteiger partial charge in [-0.3, -0.25) is 9.59 Å². The van der Waals surface area contributed by atoms with Crippen molar-refractivity contribution in [2.24, 2.45) is 11.8 Å². The van der Waals surface area contributed by atoms with E-state index in [0.717, 1.165) is 12.5 Å². The number of rotatable bonds is 4. The third kappa shape index (κ3) is 3.90. The number of amides is 1. The fourth-order valence-corrected chi connectivity index (χ4v) is 3.32. The molecule has 0 atom stereocenters. The van der Waals surface area contributed by atoms with Crippen LogP contribution in [0.5, 0.6) is 0 Å². The Balaban J connectivity index is 1.82. The molecule has 1 aliphatic rings. The van der Waals surface area contributed by atoms with E-state index in [4.69, 9.17) is 0 Å². The highest BCUT2D eigenvalue weighted by atomic mass is 32.1. The van der Waals surface area contributed by atoms with Crippen molar-refractivity contribution in [2.75, 3.05) is 6.54 Å². The lowest BCUT2D eigenvalue weighted by atomic mass is 9.83. The second kappa shape index (κ2) is 6.33. The van der Waals surface area contributed by atoms with Crippen LogP contribution in [0.3, 0.4) is 0 Å². The van der Waals surface area contributed by atoms with Gasteiger partial charge in [0.15, 0.2) is 5.78 Å². The first-order chi connectivity index (χ1) is 9.06. The van der Waals surface area contributed by atoms with Gasteiger partial charge in [0.1, 0.15) is 0 Å². The first kappa shape index (κ1) is 14.3. The number of ketones is 1. The largest absolute Gasteiger partial charge is 0.351 e. The van der Waals surface area contributed by atoms with Crippen LogP contribution in [0.15, 0.2) is 12.1 Å². The van der Waals surface area contributed by atoms with Crippen LogP contribution < -0.4 is 5.32 Å². The van der Waals surface area contributed by atoms with Crippen molar-refractivity contribution in [1.29, 1.82) is 0 Å². The first-order valence-electron chi connectivity index (χ1n) is 6.95. The fourth-order valence-electron chi connectivity index (χ4n) is 2.51. The van der Waals surface area contributed by atoms with Crippen LogP contribution >= 0.6 is 11.3 Å². The number of carbonyl (C=O) groups excluding carboxylic acids is 2. The third-order valence-corrected chi connectivity index (χ3v) is 5.05. The Morgan fingerprint density at radius 2 is 1.84 bits per heavy atom. The van der Waals surface area contributed by atoms with Crippen molar-refractivity contribution in [1.82, 2.24) is 5.32 Å². The van der Waals surface area contributed by atoms with Crippen LogP contribution in [-0.4, -0.2) is 18.2 Å². The van der Waals surface area contributed by atoms with Gasteiger partial charge in [0.05, 0.1) is 9.75 Å². The van der Waals surface area contributed by atoms with Gasteiger partial charge in [0.25, 0.3) is 5.91 Å². The number of nitrogens with one attached hydrogen (secondary N) is 1. The lowest BCUT2D eigenvalue weighted by Crippen LogP contribution is -2.30. The van der Waals surface area contributed by atoms with Crippen molar-refractivity contribution in [3.05, 3.63) is 21.9 Å². The van der Waals surface area contributed by atoms with Crippen molar-refractivity contribution in [3.63, 3.8) is 0 Å². The molecule has 1 heterocycles. The van der Waals surface area contributed by atoms with E-state index in [2.05, 4.69) is 12.2 Å². The molecule has 1 aliphatic carbocycles. The van der Waals surface area contributed by atoms with E-state index in [-0.39, 0.29) is 11.7 Å². The van der Waals surface area contributed by atoms with Gasteiger partial charge >= 0.3 is 0 Å². The summed E-state index contributed by atoms with van der Waals surface area (Å²) in [5, 5.41) is 3.00. The smallest absolute Gasteiger partial charge is 0.261 e. The predicted octanol–water partition coefficient (Wildman–Crippen LogP) is 3.51. The Kier molecular flexibility index (Phi) is 4.75. The summed E-state index contributed by atoms with van der Waals surface area (Å²) in [7, 11) is 0. The topological polar surface area (TPSA) is 46.2 Å². The van der Waals surface area contributed by atoms with Crippen molar-refractivity contribution in [2.45, 2.75) is 39.5 Å². The zero-order valence-corrected chi connectivity index (χ0v) is 12.4. The molecule has 1 aromatic rings. The van der Waals surface area contributed by atoms with Crippen LogP contribution in [0.4, 0.5) is 0 Å². The summed E-state index contributed by atoms with van der Waals surface area (Å²) >= 11 is 1.27. The first-order valence-corrected chi connectivity index (χ1v) is 7.77. The molecule has 19 heavy (non-hydrogen) atoms. The normalized spacial score (nSPS) is 23.1. The van der Waals surface area contributed by atoms with Crippen molar-refractivity contribution in [3.8, 4) is 0 Å². The Morgan fingerprint density at radius 3 is 2.42 bits per heavy atom. The van der Waals surface area contributed by atoms with E-state index in [1.807, 2.05) is 0 Å². The van der Waals surface area contributed by atoms with Crippen molar-refractivity contribution >= 4 is 23.0 Å². The maximum absolute atomic E-state index is 12.0. The minimum absolute atomic E-state index is 0.0188. The minimum atomic E-state index is -0.0453. The van der Waals surface area contributed by atoms with Gasteiger partial charge in [-0.1, -0.05) is 19.8 Å². The second-order valence-electron chi connectivity index (χ2n) is 5.56. The van der Waals surface area contributed by atoms with Crippen LogP contribution in [0.25, 0.3) is 0 Å². The Hall–Kier alpha value is -1.16. The molecule has 3 nitrogen and oxygen atoms in total. The van der Waals surface area contributed by atoms with Crippen molar-refractivity contribution < 1.29 is 9.59 Å². The highest BCUT2D eigenvalue weighted by Crippen LogP contribution is 2.27. The molecule has 2 rings (SSSR count). The summed E-state index contributed by atoms with van der Waals surface area (Å²) in [5.41, 5.74) is 0. The summed E-state index contributed by atoms with van der Waals surface area (Å²) in [6, 6.07) is 3.46. The molecule has 0 aromatic carbocycles. The predicted molar refractivity (Wildman–Crippen MR) is 77.8 cm³/mol. The number of carbonyl (C=O) groups is 2. The Labute approximate surface area is 118 Å². The highest BCUT2D eigenvalue weighted by Gasteiger charge is 2.19. The lowest BCUT2D eigenvalue weighted by Gasteiger charge is -2.26. The van der Waals surface area contributed by atoms with Gasteiger partial charge in [-0.25, -0.2) is 0 Å². The molecule has 0 aliphatic heterocycles. The summed E-state index contributed by atoms with van der Waals surface area (Å²) < 4.78 is 0. The highest BCUT2D eigenvalue weighted by molar-refractivity contribution is 7.15. The maximum atomic E-state index is 12.0. The second-order valence-corrected chi connectivity index (χ2v) is 6.64. The van der Waals surface area contributed by atoms with Gasteiger partial charge in [-0.15, -0.1) is 11.3 Å². The average molecular weight is 279 g/mol. The number of hydrogen-bond donors (Lipinski definition) is 1. The molecular formula is C15H21NO2S. The molecule has 0 spiro atoms. The van der Waals surface area contributed by atoms with Gasteiger partial charge in [0, 0.05) is 6.54 Å². The van der Waals surface area contributed by atoms with Crippen LogP contribution in [-0.2, 0) is 0 Å². The standard InChI is InChI=1S/C15H21NO2S/c1-10-3-5-12(6-4-10)9-16-15(18)14-8-7-13(19-14)11(2)17/h7-8,10,12H,3-6,9H2,1-2H3,(H,16,18). The quantitative estimate of drug-likeness (QED) is 0.857. The number of Topliss-reactive ketones (excluding diaryl/α,β-unsaturated/α-hetero) is 1. The summed E-state index contributed by atoms with van der Waals surface area (Å²) in [6.07, 6.45) is 4.97. The summed E-state index contributed by atoms with van der Waals surface area (Å²) in [5.74, 6) is 1.43. The molecule has 4 heteroatoms. The molecule has 1 N–H and O–H groups in total. The zero-order chi connectivity index (χ0) is 13.8. The summed E-state index contributed by atoms with van der Waals surface area (Å²) in [6.45, 7) is 4.58. The molecule has 1 saturated carbocycles. The van der Waals surface area contributed by atoms with E-state index in [0.29, 0.717) is 15.7 Å². The van der Waals surface area contributed by atoms with E-state index in [1.54, 1.807) is 12.1 Å². The van der Waals surface area contributed by atoms with E-state index >= 15 is 0 Å². The SMILES string of the molecule is CC(=O)c1ccc(C(=O)NCC2CCC(C)CC2)s1. The Morgan fingerprint density at radius 1 is 1.21 bits per heavy atom. The van der Waals surface area contributed by atoms with Gasteiger partial charge in [0.2, 0.25) is 0 Å². The van der Waals surface area contributed by atoms with Gasteiger partial charge in [-0.05, 0) is 43.7 Å². The molecule has 0 bridgehead atoms. The Bertz CT molecular complexity index is 458. The molecule has 0 radical (unpaired) electrons. The minimum Gasteiger partial charge on any atom is -0.351 e. The monoisotopic (exact) mass is 279 g/mol. The maximum Gasteiger partial charge on any atom is 0.261 e. The van der Waals surface area contributed by atoms with Crippen LogP contribution in [0.1, 0.15) is 58.9 Å². The lowest BCUT2D eigenvalue weighted by molar-refractivity contribution is 0.0945. The van der Waals surface area contributed by atoms with E-state index in [9.17, 15) is 9.59 Å².